The summed E-state index contributed by atoms with van der Waals surface area (Å²) in [4.78, 5) is 27.9. The van der Waals surface area contributed by atoms with Crippen LogP contribution in [-0.2, 0) is 16.1 Å². The van der Waals surface area contributed by atoms with Crippen LogP contribution < -0.4 is 15.0 Å². The van der Waals surface area contributed by atoms with E-state index in [1.165, 1.54) is 5.56 Å². The van der Waals surface area contributed by atoms with Crippen molar-refractivity contribution in [2.75, 3.05) is 62.7 Å². The molecule has 210 valence electrons. The molecule has 0 saturated carbocycles. The number of likely N-dealkylation sites (tertiary alicyclic amines) is 2. The first-order valence-electron chi connectivity index (χ1n) is 13.9. The first-order chi connectivity index (χ1) is 18.7. The van der Waals surface area contributed by atoms with Crippen molar-refractivity contribution in [2.24, 2.45) is 0 Å². The zero-order valence-corrected chi connectivity index (χ0v) is 23.7. The molecular weight excluding hydrogens is 520 g/mol. The lowest BCUT2D eigenvalue weighted by molar-refractivity contribution is -0.0196. The summed E-state index contributed by atoms with van der Waals surface area (Å²) in [7, 11) is 0. The van der Waals surface area contributed by atoms with Gasteiger partial charge in [-0.25, -0.2) is 14.8 Å². The van der Waals surface area contributed by atoms with Crippen LogP contribution in [0, 0.1) is 0 Å². The summed E-state index contributed by atoms with van der Waals surface area (Å²) in [5.74, 6) is 2.70. The topological polar surface area (TPSA) is 92.3 Å². The van der Waals surface area contributed by atoms with Crippen LogP contribution >= 0.6 is 11.6 Å². The molecule has 0 spiro atoms. The van der Waals surface area contributed by atoms with Gasteiger partial charge in [0.15, 0.2) is 5.75 Å². The number of amides is 1. The largest absolute Gasteiger partial charge is 0.485 e. The fraction of sp³-hybridized carbons (Fsp3) is 0.607. The standard InChI is InChI=1S/C28H37ClN6O4/c1-28(2,3)39-27(36)35-14-20(15-35)33-6-4-18(5-7-33)19-12-22(29)24-23(13-19)32-25-21(16-38-24)26(31-17-30-25)34-8-10-37-11-9-34/h12-13,17-18,20H,4-11,14-16H2,1-3H3,(H,30,31,32). The zero-order valence-electron chi connectivity index (χ0n) is 22.9. The number of benzene rings is 1. The van der Waals surface area contributed by atoms with Crippen molar-refractivity contribution >= 4 is 35.0 Å². The molecule has 1 N–H and O–H groups in total. The van der Waals surface area contributed by atoms with Gasteiger partial charge in [-0.2, -0.15) is 0 Å². The van der Waals surface area contributed by atoms with Crippen LogP contribution in [0.3, 0.4) is 0 Å². The minimum Gasteiger partial charge on any atom is -0.485 e. The highest BCUT2D eigenvalue weighted by Gasteiger charge is 2.38. The number of morpholine rings is 1. The molecule has 0 aliphatic carbocycles. The molecule has 0 bridgehead atoms. The normalized spacial score (nSPS) is 20.7. The second kappa shape index (κ2) is 10.6. The van der Waals surface area contributed by atoms with Gasteiger partial charge in [-0.1, -0.05) is 11.6 Å². The Labute approximate surface area is 234 Å². The van der Waals surface area contributed by atoms with E-state index < -0.39 is 5.60 Å². The van der Waals surface area contributed by atoms with Crippen molar-refractivity contribution in [2.45, 2.75) is 57.8 Å². The SMILES string of the molecule is CC(C)(C)OC(=O)N1CC(N2CCC(c3cc(Cl)c4c(c3)Nc3ncnc(N5CCOCC5)c3CO4)CC2)C1. The van der Waals surface area contributed by atoms with E-state index in [1.807, 2.05) is 20.8 Å². The number of rotatable bonds is 3. The molecular formula is C28H37ClN6O4. The summed E-state index contributed by atoms with van der Waals surface area (Å²) in [6.07, 6.45) is 3.47. The van der Waals surface area contributed by atoms with Crippen molar-refractivity contribution in [3.8, 4) is 5.75 Å². The van der Waals surface area contributed by atoms with E-state index in [0.717, 1.165) is 75.0 Å². The Morgan fingerprint density at radius 2 is 1.85 bits per heavy atom. The van der Waals surface area contributed by atoms with Crippen molar-refractivity contribution < 1.29 is 19.0 Å². The first-order valence-corrected chi connectivity index (χ1v) is 14.2. The Hall–Kier alpha value is -2.82. The number of aromatic nitrogens is 2. The highest BCUT2D eigenvalue weighted by molar-refractivity contribution is 6.32. The van der Waals surface area contributed by atoms with Gasteiger partial charge < -0.3 is 29.3 Å². The number of nitrogens with one attached hydrogen (secondary N) is 1. The van der Waals surface area contributed by atoms with Gasteiger partial charge in [0.05, 0.1) is 29.5 Å². The van der Waals surface area contributed by atoms with Crippen molar-refractivity contribution in [1.82, 2.24) is 19.8 Å². The van der Waals surface area contributed by atoms with Crippen LogP contribution in [0.2, 0.25) is 5.02 Å². The summed E-state index contributed by atoms with van der Waals surface area (Å²) in [5.41, 5.74) is 2.53. The quantitative estimate of drug-likeness (QED) is 0.590. The number of nitrogens with zero attached hydrogens (tertiary/aromatic N) is 5. The van der Waals surface area contributed by atoms with Gasteiger partial charge in [-0.15, -0.1) is 0 Å². The minimum atomic E-state index is -0.463. The fourth-order valence-corrected chi connectivity index (χ4v) is 6.09. The predicted molar refractivity (Wildman–Crippen MR) is 149 cm³/mol. The number of carbonyl (C=O) groups excluding carboxylic acids is 1. The maximum Gasteiger partial charge on any atom is 0.410 e. The monoisotopic (exact) mass is 556 g/mol. The number of hydrogen-bond donors (Lipinski definition) is 1. The van der Waals surface area contributed by atoms with E-state index in [1.54, 1.807) is 11.2 Å². The summed E-state index contributed by atoms with van der Waals surface area (Å²) >= 11 is 6.78. The smallest absolute Gasteiger partial charge is 0.410 e. The lowest BCUT2D eigenvalue weighted by Crippen LogP contribution is -2.62. The molecule has 5 heterocycles. The molecule has 6 rings (SSSR count). The fourth-order valence-electron chi connectivity index (χ4n) is 5.81. The molecule has 1 amide bonds. The highest BCUT2D eigenvalue weighted by atomic mass is 35.5. The summed E-state index contributed by atoms with van der Waals surface area (Å²) in [5, 5.41) is 4.11. The van der Waals surface area contributed by atoms with Crippen LogP contribution in [0.15, 0.2) is 18.5 Å². The minimum absolute atomic E-state index is 0.216. The third-order valence-electron chi connectivity index (χ3n) is 7.94. The lowest BCUT2D eigenvalue weighted by Gasteiger charge is -2.47. The second-order valence-electron chi connectivity index (χ2n) is 11.8. The number of anilines is 3. The zero-order chi connectivity index (χ0) is 27.1. The van der Waals surface area contributed by atoms with E-state index in [2.05, 4.69) is 37.2 Å². The van der Waals surface area contributed by atoms with Crippen LogP contribution in [0.5, 0.6) is 5.75 Å². The van der Waals surface area contributed by atoms with E-state index in [0.29, 0.717) is 42.6 Å². The van der Waals surface area contributed by atoms with Gasteiger partial charge >= 0.3 is 6.09 Å². The Morgan fingerprint density at radius 3 is 2.56 bits per heavy atom. The number of fused-ring (bicyclic) bond motifs is 2. The molecule has 4 aliphatic rings. The highest BCUT2D eigenvalue weighted by Crippen LogP contribution is 2.43. The molecule has 1 aromatic heterocycles. The van der Waals surface area contributed by atoms with Crippen LogP contribution in [0.25, 0.3) is 0 Å². The molecule has 0 atom stereocenters. The van der Waals surface area contributed by atoms with Crippen LogP contribution in [0.4, 0.5) is 22.1 Å². The first kappa shape index (κ1) is 26.4. The van der Waals surface area contributed by atoms with Crippen molar-refractivity contribution in [3.63, 3.8) is 0 Å². The van der Waals surface area contributed by atoms with Crippen LogP contribution in [-0.4, -0.2) is 90.0 Å². The van der Waals surface area contributed by atoms with Gasteiger partial charge in [0.25, 0.3) is 0 Å². The van der Waals surface area contributed by atoms with Gasteiger partial charge in [0.1, 0.15) is 30.2 Å². The molecule has 10 nitrogen and oxygen atoms in total. The third kappa shape index (κ3) is 5.60. The van der Waals surface area contributed by atoms with Crippen LogP contribution in [0.1, 0.15) is 50.7 Å². The van der Waals surface area contributed by atoms with Gasteiger partial charge in [0, 0.05) is 32.2 Å². The second-order valence-corrected chi connectivity index (χ2v) is 12.2. The molecule has 0 unspecified atom stereocenters. The van der Waals surface area contributed by atoms with Crippen molar-refractivity contribution in [3.05, 3.63) is 34.6 Å². The summed E-state index contributed by atoms with van der Waals surface area (Å²) < 4.78 is 17.2. The van der Waals surface area contributed by atoms with Gasteiger partial charge in [-0.3, -0.25) is 4.90 Å². The van der Waals surface area contributed by atoms with Gasteiger partial charge in [-0.05, 0) is 70.3 Å². The predicted octanol–water partition coefficient (Wildman–Crippen LogP) is 4.40. The maximum absolute atomic E-state index is 12.3. The van der Waals surface area contributed by atoms with E-state index >= 15 is 0 Å². The molecule has 0 radical (unpaired) electrons. The molecule has 2 aromatic rings. The summed E-state index contributed by atoms with van der Waals surface area (Å²) in [6, 6.07) is 4.63. The number of hydrogen-bond acceptors (Lipinski definition) is 9. The Balaban J connectivity index is 1.11. The molecule has 3 saturated heterocycles. The number of piperidine rings is 1. The Kier molecular flexibility index (Phi) is 7.20. The maximum atomic E-state index is 12.3. The number of ether oxygens (including phenoxy) is 3. The molecule has 1 aromatic carbocycles. The molecule has 4 aliphatic heterocycles. The van der Waals surface area contributed by atoms with E-state index in [4.69, 9.17) is 25.8 Å². The Morgan fingerprint density at radius 1 is 1.10 bits per heavy atom. The van der Waals surface area contributed by atoms with Gasteiger partial charge in [0.2, 0.25) is 0 Å². The number of halogens is 1. The Bertz CT molecular complexity index is 1220. The molecule has 11 heteroatoms. The van der Waals surface area contributed by atoms with E-state index in [-0.39, 0.29) is 6.09 Å². The molecule has 39 heavy (non-hydrogen) atoms. The van der Waals surface area contributed by atoms with E-state index in [9.17, 15) is 4.79 Å². The average molecular weight is 557 g/mol. The summed E-state index contributed by atoms with van der Waals surface area (Å²) in [6.45, 7) is 12.5. The average Bonchev–Trinajstić information content (AvgIpc) is 3.07. The number of carbonyl (C=O) groups is 1. The third-order valence-corrected chi connectivity index (χ3v) is 8.23. The lowest BCUT2D eigenvalue weighted by atomic mass is 9.88. The molecule has 3 fully saturated rings. The van der Waals surface area contributed by atoms with Crippen molar-refractivity contribution in [1.29, 1.82) is 0 Å².